The summed E-state index contributed by atoms with van der Waals surface area (Å²) in [4.78, 5) is 311. The van der Waals surface area contributed by atoms with Crippen LogP contribution in [-0.2, 0) is 125 Å². The molecule has 704 valence electrons. The van der Waals surface area contributed by atoms with Gasteiger partial charge in [0, 0.05) is 84.1 Å². The maximum atomic E-state index is 14.4. The summed E-state index contributed by atoms with van der Waals surface area (Å²) in [5.74, 6) is -28.7. The number of nitrogens with one attached hydrogen (secondary N) is 14. The van der Waals surface area contributed by atoms with E-state index in [0.29, 0.717) is 0 Å². The van der Waals surface area contributed by atoms with Crippen molar-refractivity contribution in [2.45, 2.75) is 245 Å². The van der Waals surface area contributed by atoms with Crippen molar-refractivity contribution in [1.82, 2.24) is 69.1 Å². The minimum atomic E-state index is -1.99. The molecule has 0 bridgehead atoms. The molecule has 1 unspecified atom stereocenters. The van der Waals surface area contributed by atoms with Crippen molar-refractivity contribution in [3.63, 3.8) is 0 Å². The van der Waals surface area contributed by atoms with Crippen molar-refractivity contribution in [1.29, 1.82) is 5.41 Å². The van der Waals surface area contributed by atoms with Crippen LogP contribution in [0.5, 0.6) is 0 Å². The molecule has 0 aromatic carbocycles. The number of guanidine groups is 1. The average molecular weight is 1800 g/mol. The Balaban J connectivity index is 3.64. The lowest BCUT2D eigenvalue weighted by molar-refractivity contribution is -0.154. The number of carboxylic acids is 1. The summed E-state index contributed by atoms with van der Waals surface area (Å²) in [6.45, 7) is -1.78. The van der Waals surface area contributed by atoms with E-state index in [1.807, 2.05) is 0 Å². The Bertz CT molecular complexity index is 4000. The van der Waals surface area contributed by atoms with E-state index < -0.39 is 411 Å². The molecule has 1 aliphatic rings. The first-order chi connectivity index (χ1) is 58.8. The van der Waals surface area contributed by atoms with Crippen LogP contribution in [0.3, 0.4) is 0 Å². The molecule has 1 heterocycles. The fourth-order valence-electron chi connectivity index (χ4n) is 11.7. The monoisotopic (exact) mass is 1800 g/mol. The number of carbonyl (C=O) groups excluding carboxylic acids is 23. The molecule has 56 nitrogen and oxygen atoms in total. The molecule has 126 heavy (non-hydrogen) atoms. The van der Waals surface area contributed by atoms with Crippen molar-refractivity contribution >= 4 is 148 Å². The molecule has 0 saturated carbocycles. The van der Waals surface area contributed by atoms with Gasteiger partial charge in [0.25, 0.3) is 0 Å². The molecule has 0 radical (unpaired) electrons. The zero-order valence-corrected chi connectivity index (χ0v) is 68.7. The number of primary amides is 11. The fraction of sp³-hybridized carbons (Fsp3) is 0.614. The number of aliphatic hydroxyl groups is 2. The van der Waals surface area contributed by atoms with Crippen LogP contribution in [0.2, 0.25) is 0 Å². The number of ketones is 1. The van der Waals surface area contributed by atoms with E-state index in [9.17, 15) is 130 Å². The third-order valence-electron chi connectivity index (χ3n) is 18.3. The van der Waals surface area contributed by atoms with Crippen molar-refractivity contribution < 1.29 is 140 Å². The van der Waals surface area contributed by atoms with Gasteiger partial charge in [0.05, 0.1) is 50.0 Å². The molecule has 56 heteroatoms. The molecular weight excluding hydrogens is 1680 g/mol. The Morgan fingerprint density at radius 3 is 0.984 bits per heavy atom. The molecule has 0 spiro atoms. The number of carbonyl (C=O) groups is 24. The van der Waals surface area contributed by atoms with E-state index in [1.54, 1.807) is 0 Å². The molecule has 0 aromatic rings. The summed E-state index contributed by atoms with van der Waals surface area (Å²) in [5.41, 5.74) is 70.5. The number of aliphatic carboxylic acids is 1. The van der Waals surface area contributed by atoms with Gasteiger partial charge in [0.15, 0.2) is 17.8 Å². The van der Waals surface area contributed by atoms with E-state index in [-0.39, 0.29) is 6.54 Å². The number of Topliss-reactive ketones (excluding diaryl/α,β-unsaturated/α-hetero) is 1. The molecule has 0 saturated heterocycles. The normalized spacial score (nSPS) is 16.4. The lowest BCUT2D eigenvalue weighted by Gasteiger charge is -2.41. The minimum absolute atomic E-state index is 0.371. The van der Waals surface area contributed by atoms with Gasteiger partial charge in [-0.25, -0.2) is 4.79 Å². The molecule has 22 amide bonds. The van der Waals surface area contributed by atoms with Crippen LogP contribution in [0.15, 0.2) is 11.8 Å². The highest BCUT2D eigenvalue weighted by Crippen LogP contribution is 2.25. The summed E-state index contributed by atoms with van der Waals surface area (Å²) < 4.78 is 11.3. The molecular formula is C70H115N27O29. The Labute approximate surface area is 717 Å². The van der Waals surface area contributed by atoms with Crippen molar-refractivity contribution in [3.05, 3.63) is 11.8 Å². The number of nitrogens with two attached hydrogens (primary N) is 13. The molecule has 1 aliphatic heterocycles. The molecule has 0 aromatic heterocycles. The van der Waals surface area contributed by atoms with Crippen molar-refractivity contribution in [3.8, 4) is 0 Å². The predicted molar refractivity (Wildman–Crippen MR) is 428 cm³/mol. The zero-order valence-electron chi connectivity index (χ0n) is 68.7. The number of aliphatic hydroxyl groups excluding tert-OH is 2. The van der Waals surface area contributed by atoms with Crippen LogP contribution in [0.25, 0.3) is 0 Å². The van der Waals surface area contributed by atoms with Gasteiger partial charge in [0.2, 0.25) is 136 Å². The standard InChI is InChI=1S/C70H115N27O29/c1-29(99)87-56-41(97-70(83)84)26-44(69(123)124)126-58(56)57(43(101)28-98)125-25-24-85-55(112)23-2-30(71)60(114)90-34(6-16-48(75)105)64(118)92-35(7-17-49(76)106)62(116)88-31(3-13-45(72)102)42(100)27-86-33(5-15-47(74)104)61(115)91-37(9-19-51(78)108)65(119)94-39(11-21-53(80)110)67(121)96-40(12-22-54(81)111)68(122)95-38(10-20-52(79)109)66(120)93-36(8-18-50(77)107)63(117)89-32(59(82)113)4-14-46(73)103/h26,30-41,43,56-58,86,98,101H,2-25,27-28,71H2,1H3,(H2,72,102)(H2,73,103)(H2,74,104)(H2,75,105)(H2,76,106)(H2,77,107)(H2,78,108)(H2,79,109)(H2,80,110)(H2,81,111)(H2,82,113)(H,85,112)(H,87,99)(H,88,116)(H,89,117)(H,90,114)(H,91,115)(H,92,118)(H,93,120)(H,94,119)(H,95,122)(H,96,121)(H,123,124)(H4,83,84,97)/t30?,31-,32-,33-,34-,35-,36-,37-,38-,39-,40-,41-,43+,56+,57+,58+/m0/s1. The van der Waals surface area contributed by atoms with Gasteiger partial charge < -0.3 is 163 Å². The van der Waals surface area contributed by atoms with E-state index in [0.717, 1.165) is 13.0 Å². The predicted octanol–water partition coefficient (Wildman–Crippen LogP) is -17.3. The van der Waals surface area contributed by atoms with E-state index in [1.165, 1.54) is 0 Å². The van der Waals surface area contributed by atoms with E-state index in [2.05, 4.69) is 69.1 Å². The molecule has 43 N–H and O–H groups in total. The Kier molecular flexibility index (Phi) is 49.5. The first-order valence-corrected chi connectivity index (χ1v) is 38.9. The van der Waals surface area contributed by atoms with Crippen LogP contribution in [0, 0.1) is 5.41 Å². The number of hydrogen-bond donors (Lipinski definition) is 30. The number of ether oxygens (including phenoxy) is 2. The van der Waals surface area contributed by atoms with Gasteiger partial charge in [-0.05, 0) is 76.7 Å². The van der Waals surface area contributed by atoms with Crippen molar-refractivity contribution in [2.75, 3.05) is 26.3 Å². The third-order valence-corrected chi connectivity index (χ3v) is 18.3. The first-order valence-electron chi connectivity index (χ1n) is 38.9. The van der Waals surface area contributed by atoms with Crippen LogP contribution in [0.4, 0.5) is 0 Å². The number of hydrogen-bond acceptors (Lipinski definition) is 31. The highest BCUT2D eigenvalue weighted by atomic mass is 16.6. The third kappa shape index (κ3) is 44.8. The van der Waals surface area contributed by atoms with E-state index >= 15 is 0 Å². The van der Waals surface area contributed by atoms with Gasteiger partial charge in [-0.3, -0.25) is 121 Å². The second kappa shape index (κ2) is 56.7. The highest BCUT2D eigenvalue weighted by Gasteiger charge is 2.46. The van der Waals surface area contributed by atoms with Gasteiger partial charge in [0.1, 0.15) is 60.5 Å². The average Bonchev–Trinajstić information content (AvgIpc) is 0.788. The minimum Gasteiger partial charge on any atom is -0.478 e. The lowest BCUT2D eigenvalue weighted by Crippen LogP contribution is -2.64. The van der Waals surface area contributed by atoms with Gasteiger partial charge in [-0.1, -0.05) is 0 Å². The summed E-state index contributed by atoms with van der Waals surface area (Å²) in [6.07, 6.45) is -17.9. The first kappa shape index (κ1) is 110. The fourth-order valence-corrected chi connectivity index (χ4v) is 11.7. The van der Waals surface area contributed by atoms with Crippen LogP contribution < -0.4 is 144 Å². The summed E-state index contributed by atoms with van der Waals surface area (Å²) in [5, 5.41) is 68.2. The molecule has 0 fully saturated rings. The number of carboxylic acid groups (broad SMARTS) is 1. The van der Waals surface area contributed by atoms with Gasteiger partial charge in [-0.15, -0.1) is 0 Å². The van der Waals surface area contributed by atoms with Gasteiger partial charge >= 0.3 is 5.97 Å². The second-order valence-corrected chi connectivity index (χ2v) is 28.7. The summed E-state index contributed by atoms with van der Waals surface area (Å²) in [7, 11) is 0. The van der Waals surface area contributed by atoms with E-state index in [4.69, 9.17) is 89.4 Å². The van der Waals surface area contributed by atoms with Gasteiger partial charge in [-0.2, -0.15) is 0 Å². The summed E-state index contributed by atoms with van der Waals surface area (Å²) >= 11 is 0. The summed E-state index contributed by atoms with van der Waals surface area (Å²) in [6, 6.07) is -22.6. The Morgan fingerprint density at radius 2 is 0.690 bits per heavy atom. The maximum absolute atomic E-state index is 14.4. The Hall–Kier alpha value is -13.9. The highest BCUT2D eigenvalue weighted by molar-refractivity contribution is 6.00. The quantitative estimate of drug-likeness (QED) is 0.0153. The number of amides is 22. The molecule has 16 atom stereocenters. The second-order valence-electron chi connectivity index (χ2n) is 28.7. The Morgan fingerprint density at radius 1 is 0.405 bits per heavy atom. The smallest absolute Gasteiger partial charge is 0.370 e. The topological polar surface area (TPSA) is 1010 Å². The number of rotatable bonds is 66. The lowest BCUT2D eigenvalue weighted by atomic mass is 9.91. The largest absolute Gasteiger partial charge is 0.478 e. The van der Waals surface area contributed by atoms with Crippen LogP contribution in [0.1, 0.15) is 148 Å². The molecule has 0 aliphatic carbocycles. The zero-order chi connectivity index (χ0) is 95.9. The van der Waals surface area contributed by atoms with Crippen LogP contribution >= 0.6 is 0 Å². The maximum Gasteiger partial charge on any atom is 0.370 e. The van der Waals surface area contributed by atoms with Crippen LogP contribution in [-0.4, -0.2) is 286 Å². The SMILES string of the molecule is CC(=O)N[C@H]1[C@H]([C@H](OCCNC(=O)CCC(N)C(=O)N[C@@H](CCC(N)=O)C(=O)N[C@@H](CCC(N)=O)C(=O)N[C@@H](CCC(N)=O)C(=O)CN[C@@H](CCC(N)=O)C(=O)N[C@@H](CCC(N)=O)C(=O)N[C@@H](CCC(N)=O)C(=O)N[C@@H](CCC(N)=O)C(=O)N[C@@H](CCC(N)=O)C(=O)N[C@@H](CCC(N)=O)C(=O)N[C@@H](CCC(N)=O)C(N)=O)[C@H](O)CO)OC(C(=O)O)=C[C@@H]1NC(=N)N. The molecule has 1 rings (SSSR count). The van der Waals surface area contributed by atoms with Crippen molar-refractivity contribution in [2.24, 2.45) is 74.5 Å².